The van der Waals surface area contributed by atoms with Gasteiger partial charge in [0.2, 0.25) is 5.95 Å². The van der Waals surface area contributed by atoms with Crippen LogP contribution in [-0.4, -0.2) is 15.9 Å². The first-order valence-electron chi connectivity index (χ1n) is 9.43. The monoisotopic (exact) mass is 500 g/mol. The fourth-order valence-electron chi connectivity index (χ4n) is 3.28. The first kappa shape index (κ1) is 21.8. The number of carbonyl (C=O) groups is 1. The zero-order valence-corrected chi connectivity index (χ0v) is 18.3. The third-order valence-corrected chi connectivity index (χ3v) is 5.64. The van der Waals surface area contributed by atoms with Gasteiger partial charge in [-0.05, 0) is 82.0 Å². The Bertz CT molecular complexity index is 1360. The van der Waals surface area contributed by atoms with Crippen LogP contribution in [0.3, 0.4) is 0 Å². The zero-order chi connectivity index (χ0) is 23.0. The largest absolute Gasteiger partial charge is 0.416 e. The molecule has 3 aromatic carbocycles. The number of rotatable bonds is 3. The molecule has 5 nitrogen and oxygen atoms in total. The molecule has 0 saturated carbocycles. The van der Waals surface area contributed by atoms with Crippen molar-refractivity contribution in [2.75, 3.05) is 11.1 Å². The van der Waals surface area contributed by atoms with Gasteiger partial charge in [0.25, 0.3) is 5.91 Å². The number of nitrogens with one attached hydrogen (secondary N) is 1. The molecule has 0 aliphatic rings. The number of aryl methyl sites for hydroxylation is 1. The Morgan fingerprint density at radius 2 is 1.84 bits per heavy atom. The summed E-state index contributed by atoms with van der Waals surface area (Å²) in [5.74, 6) is -0.343. The summed E-state index contributed by atoms with van der Waals surface area (Å²) in [6.45, 7) is 1.91. The lowest BCUT2D eigenvalue weighted by Crippen LogP contribution is -2.14. The van der Waals surface area contributed by atoms with Crippen LogP contribution >= 0.6 is 15.9 Å². The zero-order valence-electron chi connectivity index (χ0n) is 16.7. The van der Waals surface area contributed by atoms with E-state index < -0.39 is 17.6 Å². The minimum Gasteiger partial charge on any atom is -0.368 e. The molecule has 0 aliphatic heterocycles. The van der Waals surface area contributed by atoms with Crippen LogP contribution in [0.2, 0.25) is 0 Å². The molecule has 0 aliphatic carbocycles. The number of fused-ring (bicyclic) bond motifs is 1. The number of hydrogen-bond donors (Lipinski definition) is 2. The maximum absolute atomic E-state index is 13.0. The number of halogens is 4. The molecule has 162 valence electrons. The third kappa shape index (κ3) is 4.43. The summed E-state index contributed by atoms with van der Waals surface area (Å²) in [5, 5.41) is 3.34. The van der Waals surface area contributed by atoms with Crippen LogP contribution < -0.4 is 11.1 Å². The van der Waals surface area contributed by atoms with Gasteiger partial charge in [0.15, 0.2) is 0 Å². The maximum atomic E-state index is 13.0. The van der Waals surface area contributed by atoms with Crippen molar-refractivity contribution in [3.05, 3.63) is 82.0 Å². The van der Waals surface area contributed by atoms with Crippen molar-refractivity contribution < 1.29 is 18.0 Å². The Morgan fingerprint density at radius 1 is 1.06 bits per heavy atom. The summed E-state index contributed by atoms with van der Waals surface area (Å²) in [7, 11) is 0. The van der Waals surface area contributed by atoms with E-state index in [1.165, 1.54) is 6.07 Å². The standard InChI is InChI=1S/C23H16BrF3N4O/c1-12-2-3-14(21(32)30-20-10-16(23(25,26)27)5-6-18(20)24)9-17(12)13-4-7-19-15(8-13)11-29-22(28)31-19/h2-11H,1H3,(H,30,32)(H2,28,29,31). The number of nitrogen functional groups attached to an aromatic ring is 1. The number of carbonyl (C=O) groups excluding carboxylic acids is 1. The molecule has 0 bridgehead atoms. The number of hydrogen-bond acceptors (Lipinski definition) is 4. The maximum Gasteiger partial charge on any atom is 0.416 e. The number of benzene rings is 3. The van der Waals surface area contributed by atoms with E-state index >= 15 is 0 Å². The summed E-state index contributed by atoms with van der Waals surface area (Å²) in [6, 6.07) is 13.8. The molecule has 0 spiro atoms. The van der Waals surface area contributed by atoms with Gasteiger partial charge in [0, 0.05) is 21.6 Å². The Kier molecular flexibility index (Phi) is 5.60. The van der Waals surface area contributed by atoms with Crippen molar-refractivity contribution in [1.82, 2.24) is 9.97 Å². The van der Waals surface area contributed by atoms with Crippen LogP contribution in [0.25, 0.3) is 22.0 Å². The lowest BCUT2D eigenvalue weighted by molar-refractivity contribution is -0.137. The summed E-state index contributed by atoms with van der Waals surface area (Å²) < 4.78 is 39.5. The van der Waals surface area contributed by atoms with Gasteiger partial charge in [-0.15, -0.1) is 0 Å². The summed E-state index contributed by atoms with van der Waals surface area (Å²) in [6.07, 6.45) is -2.89. The van der Waals surface area contributed by atoms with Crippen molar-refractivity contribution in [2.45, 2.75) is 13.1 Å². The van der Waals surface area contributed by atoms with Crippen molar-refractivity contribution in [1.29, 1.82) is 0 Å². The number of nitrogens with two attached hydrogens (primary N) is 1. The fourth-order valence-corrected chi connectivity index (χ4v) is 3.63. The van der Waals surface area contributed by atoms with Crippen LogP contribution in [0.5, 0.6) is 0 Å². The summed E-state index contributed by atoms with van der Waals surface area (Å²) >= 11 is 3.19. The average molecular weight is 501 g/mol. The van der Waals surface area contributed by atoms with Crippen LogP contribution in [0, 0.1) is 6.92 Å². The van der Waals surface area contributed by atoms with E-state index in [-0.39, 0.29) is 11.6 Å². The second kappa shape index (κ2) is 8.23. The van der Waals surface area contributed by atoms with E-state index in [9.17, 15) is 18.0 Å². The molecule has 4 aromatic rings. The van der Waals surface area contributed by atoms with Crippen molar-refractivity contribution in [3.8, 4) is 11.1 Å². The van der Waals surface area contributed by atoms with E-state index in [1.54, 1.807) is 24.4 Å². The molecule has 4 rings (SSSR count). The highest BCUT2D eigenvalue weighted by atomic mass is 79.9. The van der Waals surface area contributed by atoms with Crippen molar-refractivity contribution in [2.24, 2.45) is 0 Å². The van der Waals surface area contributed by atoms with E-state index in [1.807, 2.05) is 25.1 Å². The van der Waals surface area contributed by atoms with Gasteiger partial charge in [-0.25, -0.2) is 9.97 Å². The van der Waals surface area contributed by atoms with Crippen molar-refractivity contribution >= 4 is 44.4 Å². The number of anilines is 2. The van der Waals surface area contributed by atoms with Gasteiger partial charge in [-0.2, -0.15) is 13.2 Å². The smallest absolute Gasteiger partial charge is 0.368 e. The number of amides is 1. The molecule has 0 fully saturated rings. The molecule has 1 aromatic heterocycles. The molecule has 1 heterocycles. The van der Waals surface area contributed by atoms with E-state index in [0.29, 0.717) is 15.6 Å². The quantitative estimate of drug-likeness (QED) is 0.349. The van der Waals surface area contributed by atoms with Crippen LogP contribution in [0.1, 0.15) is 21.5 Å². The van der Waals surface area contributed by atoms with Gasteiger partial charge in [-0.1, -0.05) is 12.1 Å². The van der Waals surface area contributed by atoms with Gasteiger partial charge < -0.3 is 11.1 Å². The highest BCUT2D eigenvalue weighted by molar-refractivity contribution is 9.10. The molecular formula is C23H16BrF3N4O. The van der Waals surface area contributed by atoms with E-state index in [2.05, 4.69) is 31.2 Å². The summed E-state index contributed by atoms with van der Waals surface area (Å²) in [5.41, 5.74) is 8.40. The van der Waals surface area contributed by atoms with Crippen LogP contribution in [0.15, 0.2) is 65.3 Å². The molecular weight excluding hydrogens is 485 g/mol. The Morgan fingerprint density at radius 3 is 2.59 bits per heavy atom. The third-order valence-electron chi connectivity index (χ3n) is 4.95. The van der Waals surface area contributed by atoms with E-state index in [4.69, 9.17) is 5.73 Å². The lowest BCUT2D eigenvalue weighted by atomic mass is 9.97. The molecule has 0 saturated heterocycles. The highest BCUT2D eigenvalue weighted by Crippen LogP contribution is 2.34. The van der Waals surface area contributed by atoms with Crippen LogP contribution in [-0.2, 0) is 6.18 Å². The fraction of sp³-hybridized carbons (Fsp3) is 0.0870. The molecule has 9 heteroatoms. The topological polar surface area (TPSA) is 80.9 Å². The minimum absolute atomic E-state index is 0.0346. The lowest BCUT2D eigenvalue weighted by Gasteiger charge is -2.13. The average Bonchev–Trinajstić information content (AvgIpc) is 2.74. The molecule has 32 heavy (non-hydrogen) atoms. The number of alkyl halides is 3. The minimum atomic E-state index is -4.51. The molecule has 0 atom stereocenters. The first-order valence-corrected chi connectivity index (χ1v) is 10.2. The predicted octanol–water partition coefficient (Wildman–Crippen LogP) is 6.22. The van der Waals surface area contributed by atoms with Crippen molar-refractivity contribution in [3.63, 3.8) is 0 Å². The Balaban J connectivity index is 1.67. The Hall–Kier alpha value is -3.46. The van der Waals surface area contributed by atoms with Gasteiger partial charge in [0.1, 0.15) is 0 Å². The van der Waals surface area contributed by atoms with Gasteiger partial charge >= 0.3 is 6.18 Å². The summed E-state index contributed by atoms with van der Waals surface area (Å²) in [4.78, 5) is 21.0. The molecule has 1 amide bonds. The second-order valence-electron chi connectivity index (χ2n) is 7.18. The molecule has 0 radical (unpaired) electrons. The van der Waals surface area contributed by atoms with Gasteiger partial charge in [-0.3, -0.25) is 4.79 Å². The SMILES string of the molecule is Cc1ccc(C(=O)Nc2cc(C(F)(F)F)ccc2Br)cc1-c1ccc2nc(N)ncc2c1. The number of aromatic nitrogens is 2. The second-order valence-corrected chi connectivity index (χ2v) is 8.03. The van der Waals surface area contributed by atoms with Crippen LogP contribution in [0.4, 0.5) is 24.8 Å². The first-order chi connectivity index (χ1) is 15.1. The normalized spacial score (nSPS) is 11.5. The van der Waals surface area contributed by atoms with Gasteiger partial charge in [0.05, 0.1) is 16.8 Å². The number of nitrogens with zero attached hydrogens (tertiary/aromatic N) is 2. The van der Waals surface area contributed by atoms with E-state index in [0.717, 1.165) is 34.2 Å². The molecule has 0 unspecified atom stereocenters. The highest BCUT2D eigenvalue weighted by Gasteiger charge is 2.31. The Labute approximate surface area is 189 Å². The predicted molar refractivity (Wildman–Crippen MR) is 121 cm³/mol. The molecule has 3 N–H and O–H groups in total.